The first-order chi connectivity index (χ1) is 12.2. The van der Waals surface area contributed by atoms with E-state index in [0.717, 1.165) is 21.3 Å². The van der Waals surface area contributed by atoms with Crippen LogP contribution in [0.2, 0.25) is 0 Å². The van der Waals surface area contributed by atoms with Gasteiger partial charge in [-0.25, -0.2) is 0 Å². The molecule has 2 nitrogen and oxygen atoms in total. The van der Waals surface area contributed by atoms with Crippen molar-refractivity contribution in [2.24, 2.45) is 0 Å². The Balaban J connectivity index is 1.72. The van der Waals surface area contributed by atoms with Gasteiger partial charge >= 0.3 is 0 Å². The van der Waals surface area contributed by atoms with E-state index < -0.39 is 0 Å². The van der Waals surface area contributed by atoms with Crippen molar-refractivity contribution in [3.8, 4) is 11.1 Å². The second kappa shape index (κ2) is 6.82. The van der Waals surface area contributed by atoms with Crippen LogP contribution in [0.1, 0.15) is 10.4 Å². The topological polar surface area (TPSA) is 29.1 Å². The van der Waals surface area contributed by atoms with Gasteiger partial charge in [0.2, 0.25) is 0 Å². The third kappa shape index (κ3) is 3.23. The molecule has 1 amide bonds. The van der Waals surface area contributed by atoms with Crippen LogP contribution in [0.4, 0.5) is 5.69 Å². The van der Waals surface area contributed by atoms with Crippen LogP contribution >= 0.6 is 27.3 Å². The molecule has 1 heterocycles. The minimum atomic E-state index is -0.112. The van der Waals surface area contributed by atoms with Gasteiger partial charge in [-0.3, -0.25) is 4.79 Å². The maximum absolute atomic E-state index is 12.6. The Kier molecular flexibility index (Phi) is 4.38. The van der Waals surface area contributed by atoms with Crippen molar-refractivity contribution >= 4 is 48.9 Å². The Hall–Kier alpha value is -2.43. The van der Waals surface area contributed by atoms with Gasteiger partial charge in [0.05, 0.1) is 0 Å². The molecule has 0 aliphatic heterocycles. The van der Waals surface area contributed by atoms with Crippen molar-refractivity contribution in [3.63, 3.8) is 0 Å². The number of amides is 1. The number of carbonyl (C=O) groups excluding carboxylic acids is 1. The number of anilines is 1. The molecule has 25 heavy (non-hydrogen) atoms. The zero-order valence-corrected chi connectivity index (χ0v) is 15.6. The number of fused-ring (bicyclic) bond motifs is 1. The summed E-state index contributed by atoms with van der Waals surface area (Å²) in [7, 11) is 0. The van der Waals surface area contributed by atoms with Gasteiger partial charge < -0.3 is 5.32 Å². The highest BCUT2D eigenvalue weighted by atomic mass is 79.9. The molecule has 0 spiro atoms. The molecule has 0 saturated carbocycles. The first kappa shape index (κ1) is 16.1. The minimum Gasteiger partial charge on any atom is -0.321 e. The van der Waals surface area contributed by atoms with Crippen molar-refractivity contribution < 1.29 is 4.79 Å². The average Bonchev–Trinajstić information content (AvgIpc) is 3.07. The molecular formula is C21H14BrNOS. The second-order valence-corrected chi connectivity index (χ2v) is 7.48. The lowest BCUT2D eigenvalue weighted by molar-refractivity contribution is 0.102. The summed E-state index contributed by atoms with van der Waals surface area (Å²) in [6, 6.07) is 23.6. The highest BCUT2D eigenvalue weighted by Gasteiger charge is 2.13. The zero-order valence-electron chi connectivity index (χ0n) is 13.2. The number of benzene rings is 3. The van der Waals surface area contributed by atoms with Crippen LogP contribution in [0.25, 0.3) is 21.2 Å². The quantitative estimate of drug-likeness (QED) is 0.408. The molecule has 122 valence electrons. The summed E-state index contributed by atoms with van der Waals surface area (Å²) in [5, 5.41) is 6.40. The number of hydrogen-bond acceptors (Lipinski definition) is 2. The Morgan fingerprint density at radius 1 is 0.840 bits per heavy atom. The van der Waals surface area contributed by atoms with Gasteiger partial charge in [0.1, 0.15) is 0 Å². The molecule has 0 aliphatic carbocycles. The molecule has 3 aromatic carbocycles. The number of carbonyl (C=O) groups is 1. The summed E-state index contributed by atoms with van der Waals surface area (Å²) < 4.78 is 2.20. The first-order valence-electron chi connectivity index (χ1n) is 7.85. The zero-order chi connectivity index (χ0) is 17.2. The highest BCUT2D eigenvalue weighted by Crippen LogP contribution is 2.37. The number of thiophene rings is 1. The van der Waals surface area contributed by atoms with Gasteiger partial charge in [-0.2, -0.15) is 0 Å². The standard InChI is InChI=1S/C21H14BrNOS/c22-15-11-9-14(10-12-15)21(24)23-19-7-3-1-5-16(19)18-13-25-20-8-4-2-6-17(18)20/h1-13H,(H,23,24). The van der Waals surface area contributed by atoms with E-state index in [4.69, 9.17) is 0 Å². The number of para-hydroxylation sites is 1. The number of hydrogen-bond donors (Lipinski definition) is 1. The predicted molar refractivity (Wildman–Crippen MR) is 109 cm³/mol. The van der Waals surface area contributed by atoms with Gasteiger partial charge in [0.15, 0.2) is 0 Å². The number of rotatable bonds is 3. The van der Waals surface area contributed by atoms with E-state index in [1.165, 1.54) is 10.1 Å². The summed E-state index contributed by atoms with van der Waals surface area (Å²) in [4.78, 5) is 12.6. The molecule has 0 unspecified atom stereocenters. The molecule has 0 saturated heterocycles. The maximum atomic E-state index is 12.6. The van der Waals surface area contributed by atoms with Crippen LogP contribution in [0.3, 0.4) is 0 Å². The fraction of sp³-hybridized carbons (Fsp3) is 0. The Morgan fingerprint density at radius 2 is 1.56 bits per heavy atom. The fourth-order valence-corrected chi connectivity index (χ4v) is 4.03. The normalized spacial score (nSPS) is 10.8. The summed E-state index contributed by atoms with van der Waals surface area (Å²) in [5.41, 5.74) is 3.63. The highest BCUT2D eigenvalue weighted by molar-refractivity contribution is 9.10. The van der Waals surface area contributed by atoms with Crippen LogP contribution in [-0.4, -0.2) is 5.91 Å². The predicted octanol–water partition coefficient (Wildman–Crippen LogP) is 6.58. The molecule has 1 aromatic heterocycles. The molecule has 0 aliphatic rings. The molecule has 4 rings (SSSR count). The summed E-state index contributed by atoms with van der Waals surface area (Å²) in [6.45, 7) is 0. The summed E-state index contributed by atoms with van der Waals surface area (Å²) in [6.07, 6.45) is 0. The molecule has 0 radical (unpaired) electrons. The van der Waals surface area contributed by atoms with E-state index >= 15 is 0 Å². The number of halogens is 1. The lowest BCUT2D eigenvalue weighted by Crippen LogP contribution is -2.12. The third-order valence-electron chi connectivity index (χ3n) is 4.05. The maximum Gasteiger partial charge on any atom is 0.255 e. The van der Waals surface area contributed by atoms with Crippen LogP contribution in [-0.2, 0) is 0 Å². The van der Waals surface area contributed by atoms with Gasteiger partial charge in [0.25, 0.3) is 5.91 Å². The van der Waals surface area contributed by atoms with Crippen molar-refractivity contribution in [2.75, 3.05) is 5.32 Å². The van der Waals surface area contributed by atoms with Crippen LogP contribution in [0.5, 0.6) is 0 Å². The van der Waals surface area contributed by atoms with Gasteiger partial charge in [-0.05, 0) is 41.8 Å². The van der Waals surface area contributed by atoms with Gasteiger partial charge in [-0.1, -0.05) is 52.3 Å². The number of nitrogens with one attached hydrogen (secondary N) is 1. The minimum absolute atomic E-state index is 0.112. The largest absolute Gasteiger partial charge is 0.321 e. The fourth-order valence-electron chi connectivity index (χ4n) is 2.81. The van der Waals surface area contributed by atoms with Crippen molar-refractivity contribution in [1.82, 2.24) is 0 Å². The second-order valence-electron chi connectivity index (χ2n) is 5.65. The molecule has 0 atom stereocenters. The molecule has 1 N–H and O–H groups in total. The van der Waals surface area contributed by atoms with Crippen molar-refractivity contribution in [2.45, 2.75) is 0 Å². The smallest absolute Gasteiger partial charge is 0.255 e. The summed E-state index contributed by atoms with van der Waals surface area (Å²) in [5.74, 6) is -0.112. The Bertz CT molecular complexity index is 1050. The van der Waals surface area contributed by atoms with Crippen molar-refractivity contribution in [3.05, 3.63) is 88.2 Å². The van der Waals surface area contributed by atoms with Crippen molar-refractivity contribution in [1.29, 1.82) is 0 Å². The monoisotopic (exact) mass is 407 g/mol. The van der Waals surface area contributed by atoms with E-state index in [1.54, 1.807) is 11.3 Å². The molecular weight excluding hydrogens is 394 g/mol. The molecule has 4 heteroatoms. The van der Waals surface area contributed by atoms with E-state index in [0.29, 0.717) is 5.56 Å². The van der Waals surface area contributed by atoms with Crippen LogP contribution in [0, 0.1) is 0 Å². The van der Waals surface area contributed by atoms with E-state index in [2.05, 4.69) is 38.8 Å². The van der Waals surface area contributed by atoms with Gasteiger partial charge in [-0.15, -0.1) is 11.3 Å². The van der Waals surface area contributed by atoms with E-state index in [1.807, 2.05) is 60.7 Å². The SMILES string of the molecule is O=C(Nc1ccccc1-c1csc2ccccc12)c1ccc(Br)cc1. The molecule has 4 aromatic rings. The lowest BCUT2D eigenvalue weighted by Gasteiger charge is -2.11. The van der Waals surface area contributed by atoms with E-state index in [9.17, 15) is 4.79 Å². The lowest BCUT2D eigenvalue weighted by atomic mass is 10.0. The third-order valence-corrected chi connectivity index (χ3v) is 5.54. The first-order valence-corrected chi connectivity index (χ1v) is 9.52. The Labute approximate surface area is 158 Å². The van der Waals surface area contributed by atoms with Crippen LogP contribution < -0.4 is 5.32 Å². The summed E-state index contributed by atoms with van der Waals surface area (Å²) >= 11 is 5.11. The molecule has 0 bridgehead atoms. The molecule has 0 fully saturated rings. The Morgan fingerprint density at radius 3 is 2.40 bits per heavy atom. The van der Waals surface area contributed by atoms with Gasteiger partial charge in [0, 0.05) is 36.9 Å². The van der Waals surface area contributed by atoms with E-state index in [-0.39, 0.29) is 5.91 Å². The average molecular weight is 408 g/mol. The van der Waals surface area contributed by atoms with Crippen LogP contribution in [0.15, 0.2) is 82.6 Å².